The molecule has 0 amide bonds. The van der Waals surface area contributed by atoms with E-state index in [1.807, 2.05) is 36.4 Å². The largest absolute Gasteiger partial charge is 0.494 e. The standard InChI is InChI=1S/C29H30N2O5Si/c1-29(2,3)37(24-13-7-5-8-14-24,25-15-9-6-10-16-25)36-21-22-12-11-19-30(28(22)32)26-18-17-23(31(33)34)20-27(26)35-4/h5-20H,21H2,1-4H3. The Labute approximate surface area is 217 Å². The van der Waals surface area contributed by atoms with Gasteiger partial charge in [0.25, 0.3) is 19.6 Å². The van der Waals surface area contributed by atoms with E-state index >= 15 is 0 Å². The Kier molecular flexibility index (Phi) is 7.42. The van der Waals surface area contributed by atoms with Gasteiger partial charge in [-0.3, -0.25) is 19.5 Å². The summed E-state index contributed by atoms with van der Waals surface area (Å²) in [6, 6.07) is 28.2. The van der Waals surface area contributed by atoms with Crippen molar-refractivity contribution in [2.45, 2.75) is 32.4 Å². The van der Waals surface area contributed by atoms with Crippen molar-refractivity contribution in [1.29, 1.82) is 0 Å². The summed E-state index contributed by atoms with van der Waals surface area (Å²) in [5, 5.41) is 13.2. The van der Waals surface area contributed by atoms with Gasteiger partial charge in [-0.1, -0.05) is 81.4 Å². The van der Waals surface area contributed by atoms with E-state index in [0.717, 1.165) is 10.4 Å². The van der Waals surface area contributed by atoms with E-state index in [4.69, 9.17) is 9.16 Å². The van der Waals surface area contributed by atoms with Crippen molar-refractivity contribution in [3.05, 3.63) is 123 Å². The van der Waals surface area contributed by atoms with Gasteiger partial charge in [0, 0.05) is 17.8 Å². The second-order valence-corrected chi connectivity index (χ2v) is 14.1. The summed E-state index contributed by atoms with van der Waals surface area (Å²) in [6.45, 7) is 6.67. The molecule has 0 aliphatic carbocycles. The minimum Gasteiger partial charge on any atom is -0.494 e. The molecule has 0 saturated heterocycles. The zero-order valence-corrected chi connectivity index (χ0v) is 22.4. The molecule has 0 radical (unpaired) electrons. The molecule has 0 saturated carbocycles. The first kappa shape index (κ1) is 26.1. The zero-order valence-electron chi connectivity index (χ0n) is 21.4. The second kappa shape index (κ2) is 10.5. The molecule has 0 aliphatic heterocycles. The van der Waals surface area contributed by atoms with Crippen molar-refractivity contribution in [2.24, 2.45) is 0 Å². The Bertz CT molecular complexity index is 1410. The maximum atomic E-state index is 13.6. The zero-order chi connectivity index (χ0) is 26.6. The monoisotopic (exact) mass is 514 g/mol. The van der Waals surface area contributed by atoms with Crippen LogP contribution in [0.5, 0.6) is 5.75 Å². The first-order chi connectivity index (χ1) is 17.7. The highest BCUT2D eigenvalue weighted by Gasteiger charge is 2.50. The molecule has 0 bridgehead atoms. The highest BCUT2D eigenvalue weighted by Crippen LogP contribution is 2.37. The van der Waals surface area contributed by atoms with E-state index in [9.17, 15) is 14.9 Å². The maximum absolute atomic E-state index is 13.6. The fourth-order valence-electron chi connectivity index (χ4n) is 4.76. The molecule has 37 heavy (non-hydrogen) atoms. The molecule has 3 aromatic carbocycles. The lowest BCUT2D eigenvalue weighted by molar-refractivity contribution is -0.384. The van der Waals surface area contributed by atoms with Crippen LogP contribution in [-0.4, -0.2) is 24.9 Å². The summed E-state index contributed by atoms with van der Waals surface area (Å²) in [5.41, 5.74) is 0.522. The van der Waals surface area contributed by atoms with Crippen molar-refractivity contribution in [3.63, 3.8) is 0 Å². The number of non-ortho nitro benzene ring substituents is 1. The van der Waals surface area contributed by atoms with Gasteiger partial charge in [-0.2, -0.15) is 0 Å². The first-order valence-corrected chi connectivity index (χ1v) is 13.9. The molecule has 1 aromatic heterocycles. The first-order valence-electron chi connectivity index (χ1n) is 12.0. The molecule has 0 aliphatic rings. The predicted molar refractivity (Wildman–Crippen MR) is 148 cm³/mol. The number of benzene rings is 3. The van der Waals surface area contributed by atoms with E-state index in [1.54, 1.807) is 18.3 Å². The molecule has 0 atom stereocenters. The molecular formula is C29H30N2O5Si. The lowest BCUT2D eigenvalue weighted by Crippen LogP contribution is -2.66. The summed E-state index contributed by atoms with van der Waals surface area (Å²) < 4.78 is 13.7. The SMILES string of the molecule is COc1cc([N+](=O)[O-])ccc1-n1cccc(CO[Si](c2ccccc2)(c2ccccc2)C(C)(C)C)c1=O. The van der Waals surface area contributed by atoms with Crippen LogP contribution >= 0.6 is 0 Å². The maximum Gasteiger partial charge on any atom is 0.273 e. The Morgan fingerprint density at radius 3 is 2.00 bits per heavy atom. The molecule has 190 valence electrons. The number of pyridine rings is 1. The van der Waals surface area contributed by atoms with Crippen LogP contribution in [0, 0.1) is 10.1 Å². The van der Waals surface area contributed by atoms with Crippen LogP contribution in [0.3, 0.4) is 0 Å². The molecule has 0 spiro atoms. The third kappa shape index (κ3) is 4.98. The van der Waals surface area contributed by atoms with Crippen LogP contribution < -0.4 is 20.7 Å². The third-order valence-electron chi connectivity index (χ3n) is 6.52. The number of nitro benzene ring substituents is 1. The van der Waals surface area contributed by atoms with Crippen molar-refractivity contribution >= 4 is 24.4 Å². The van der Waals surface area contributed by atoms with E-state index in [-0.39, 0.29) is 28.6 Å². The summed E-state index contributed by atoms with van der Waals surface area (Å²) in [4.78, 5) is 24.3. The van der Waals surface area contributed by atoms with Crippen molar-refractivity contribution in [3.8, 4) is 11.4 Å². The van der Waals surface area contributed by atoms with Gasteiger partial charge in [-0.25, -0.2) is 0 Å². The van der Waals surface area contributed by atoms with Crippen molar-refractivity contribution in [2.75, 3.05) is 7.11 Å². The van der Waals surface area contributed by atoms with Crippen LogP contribution in [0.15, 0.2) is 102 Å². The van der Waals surface area contributed by atoms with Gasteiger partial charge in [-0.15, -0.1) is 0 Å². The Morgan fingerprint density at radius 2 is 1.49 bits per heavy atom. The fourth-order valence-corrected chi connectivity index (χ4v) is 9.29. The normalized spacial score (nSPS) is 11.8. The highest BCUT2D eigenvalue weighted by molar-refractivity contribution is 6.99. The third-order valence-corrected chi connectivity index (χ3v) is 11.5. The molecule has 1 heterocycles. The van der Waals surface area contributed by atoms with Crippen molar-refractivity contribution < 1.29 is 14.1 Å². The van der Waals surface area contributed by atoms with Crippen LogP contribution in [0.1, 0.15) is 26.3 Å². The molecular weight excluding hydrogens is 484 g/mol. The minimum atomic E-state index is -2.84. The number of hydrogen-bond acceptors (Lipinski definition) is 5. The Morgan fingerprint density at radius 1 is 0.892 bits per heavy atom. The molecule has 0 N–H and O–H groups in total. The van der Waals surface area contributed by atoms with Crippen LogP contribution in [0.2, 0.25) is 5.04 Å². The Hall–Kier alpha value is -4.01. The number of rotatable bonds is 8. The van der Waals surface area contributed by atoms with E-state index in [2.05, 4.69) is 45.0 Å². The van der Waals surface area contributed by atoms with Crippen LogP contribution in [0.25, 0.3) is 5.69 Å². The summed E-state index contributed by atoms with van der Waals surface area (Å²) in [6.07, 6.45) is 1.62. The number of nitro groups is 1. The number of hydrogen-bond donors (Lipinski definition) is 0. The van der Waals surface area contributed by atoms with Gasteiger partial charge in [0.05, 0.1) is 30.4 Å². The van der Waals surface area contributed by atoms with Gasteiger partial charge in [0.15, 0.2) is 0 Å². The van der Waals surface area contributed by atoms with Gasteiger partial charge in [-0.05, 0) is 33.6 Å². The van der Waals surface area contributed by atoms with Crippen molar-refractivity contribution in [1.82, 2.24) is 4.57 Å². The number of nitrogens with zero attached hydrogens (tertiary/aromatic N) is 2. The molecule has 0 unspecified atom stereocenters. The molecule has 4 rings (SSSR count). The summed E-state index contributed by atoms with van der Waals surface area (Å²) in [5.74, 6) is 0.237. The van der Waals surface area contributed by atoms with Gasteiger partial charge in [0.1, 0.15) is 5.75 Å². The smallest absolute Gasteiger partial charge is 0.273 e. The molecule has 0 fully saturated rings. The summed E-state index contributed by atoms with van der Waals surface area (Å²) in [7, 11) is -1.42. The highest BCUT2D eigenvalue weighted by atomic mass is 28.4. The van der Waals surface area contributed by atoms with Gasteiger partial charge < -0.3 is 9.16 Å². The van der Waals surface area contributed by atoms with Crippen LogP contribution in [-0.2, 0) is 11.0 Å². The lowest BCUT2D eigenvalue weighted by atomic mass is 10.2. The fraction of sp³-hybridized carbons (Fsp3) is 0.207. The average Bonchev–Trinajstić information content (AvgIpc) is 2.90. The predicted octanol–water partition coefficient (Wildman–Crippen LogP) is 4.83. The molecule has 7 nitrogen and oxygen atoms in total. The lowest BCUT2D eigenvalue weighted by Gasteiger charge is -2.43. The molecule has 4 aromatic rings. The topological polar surface area (TPSA) is 83.6 Å². The Balaban J connectivity index is 1.79. The van der Waals surface area contributed by atoms with Gasteiger partial charge in [0.2, 0.25) is 0 Å². The summed E-state index contributed by atoms with van der Waals surface area (Å²) >= 11 is 0. The van der Waals surface area contributed by atoms with Crippen LogP contribution in [0.4, 0.5) is 5.69 Å². The second-order valence-electron chi connectivity index (χ2n) is 9.77. The average molecular weight is 515 g/mol. The number of aromatic nitrogens is 1. The molecule has 8 heteroatoms. The number of methoxy groups -OCH3 is 1. The van der Waals surface area contributed by atoms with Gasteiger partial charge >= 0.3 is 0 Å². The van der Waals surface area contributed by atoms with E-state index in [0.29, 0.717) is 11.3 Å². The van der Waals surface area contributed by atoms with E-state index < -0.39 is 13.2 Å². The quantitative estimate of drug-likeness (QED) is 0.191. The number of ether oxygens (including phenoxy) is 1. The minimum absolute atomic E-state index is 0.111. The van der Waals surface area contributed by atoms with E-state index in [1.165, 1.54) is 29.9 Å².